The fourth-order valence-corrected chi connectivity index (χ4v) is 3.93. The van der Waals surface area contributed by atoms with E-state index in [4.69, 9.17) is 4.74 Å². The van der Waals surface area contributed by atoms with Crippen LogP contribution in [0.5, 0.6) is 11.5 Å². The van der Waals surface area contributed by atoms with Crippen molar-refractivity contribution in [2.45, 2.75) is 45.6 Å². The van der Waals surface area contributed by atoms with Gasteiger partial charge in [-0.3, -0.25) is 0 Å². The van der Waals surface area contributed by atoms with Crippen LogP contribution in [0.3, 0.4) is 0 Å². The number of halogens is 4. The second-order valence-electron chi connectivity index (χ2n) is 8.42. The molecule has 1 heterocycles. The summed E-state index contributed by atoms with van der Waals surface area (Å²) in [6.07, 6.45) is 6.33. The first-order valence-electron chi connectivity index (χ1n) is 11.8. The van der Waals surface area contributed by atoms with Gasteiger partial charge in [0.05, 0.1) is 19.0 Å². The lowest BCUT2D eigenvalue weighted by Crippen LogP contribution is -2.04. The second kappa shape index (κ2) is 11.8. The lowest BCUT2D eigenvalue weighted by atomic mass is 9.98. The van der Waals surface area contributed by atoms with Crippen LogP contribution in [0.25, 0.3) is 10.8 Å². The number of nitrogens with zero attached hydrogens (tertiary/aromatic N) is 2. The van der Waals surface area contributed by atoms with Crippen LogP contribution in [0, 0.1) is 11.6 Å². The van der Waals surface area contributed by atoms with Crippen molar-refractivity contribution < 1.29 is 27.0 Å². The highest BCUT2D eigenvalue weighted by Gasteiger charge is 2.12. The van der Waals surface area contributed by atoms with E-state index in [0.29, 0.717) is 60.4 Å². The Kier molecular flexibility index (Phi) is 8.36. The van der Waals surface area contributed by atoms with Gasteiger partial charge in [0.25, 0.3) is 0 Å². The summed E-state index contributed by atoms with van der Waals surface area (Å²) in [6, 6.07) is 13.0. The highest BCUT2D eigenvalue weighted by Crippen LogP contribution is 2.25. The molecule has 8 heteroatoms. The number of ether oxygens (including phenoxy) is 2. The molecule has 1 aromatic heterocycles. The third kappa shape index (κ3) is 6.50. The first-order chi connectivity index (χ1) is 17.4. The Bertz CT molecular complexity index is 1310. The standard InChI is InChI=1S/C28H26F4N2O2/c1-2-13-35-22-16-33-26(34-17-22)12-6-18-4-10-23-21(14-18)9-8-20(27(23)30)7-3-19-5-11-25(24(29)15-19)36-28(31)32/h4-5,8-11,14-17,28H,2-3,6-7,12-13H2,1H3. The SMILES string of the molecule is CCCOc1cnc(CCc2ccc3c(F)c(CCc4ccc(OC(F)F)c(F)c4)ccc3c2)nc1. The average molecular weight is 499 g/mol. The van der Waals surface area contributed by atoms with Gasteiger partial charge in [0.2, 0.25) is 0 Å². The lowest BCUT2D eigenvalue weighted by Gasteiger charge is -2.10. The number of hydrogen-bond acceptors (Lipinski definition) is 4. The van der Waals surface area contributed by atoms with E-state index in [1.807, 2.05) is 25.1 Å². The Balaban J connectivity index is 1.39. The van der Waals surface area contributed by atoms with E-state index in [9.17, 15) is 13.2 Å². The number of hydrogen-bond donors (Lipinski definition) is 0. The molecule has 0 atom stereocenters. The van der Waals surface area contributed by atoms with Gasteiger partial charge in [0.15, 0.2) is 17.3 Å². The number of aryl methyl sites for hydroxylation is 4. The molecule has 36 heavy (non-hydrogen) atoms. The topological polar surface area (TPSA) is 44.2 Å². The van der Waals surface area contributed by atoms with Crippen molar-refractivity contribution in [3.8, 4) is 11.5 Å². The largest absolute Gasteiger partial charge is 0.490 e. The third-order valence-corrected chi connectivity index (χ3v) is 5.79. The minimum atomic E-state index is -3.09. The van der Waals surface area contributed by atoms with E-state index < -0.39 is 18.2 Å². The maximum absolute atomic E-state index is 15.2. The molecule has 0 unspecified atom stereocenters. The normalized spacial score (nSPS) is 11.3. The highest BCUT2D eigenvalue weighted by atomic mass is 19.3. The molecule has 0 fully saturated rings. The molecular weight excluding hydrogens is 472 g/mol. The van der Waals surface area contributed by atoms with E-state index in [0.717, 1.165) is 29.5 Å². The van der Waals surface area contributed by atoms with Crippen molar-refractivity contribution in [1.29, 1.82) is 0 Å². The van der Waals surface area contributed by atoms with Crippen LogP contribution in [0.1, 0.15) is 35.9 Å². The van der Waals surface area contributed by atoms with Crippen LogP contribution >= 0.6 is 0 Å². The zero-order chi connectivity index (χ0) is 25.5. The molecule has 188 valence electrons. The summed E-state index contributed by atoms with van der Waals surface area (Å²) < 4.78 is 63.3. The van der Waals surface area contributed by atoms with E-state index >= 15 is 4.39 Å². The zero-order valence-corrected chi connectivity index (χ0v) is 19.8. The molecule has 0 radical (unpaired) electrons. The van der Waals surface area contributed by atoms with Crippen molar-refractivity contribution in [3.05, 3.63) is 95.1 Å². The lowest BCUT2D eigenvalue weighted by molar-refractivity contribution is -0.0522. The van der Waals surface area contributed by atoms with Crippen molar-refractivity contribution in [3.63, 3.8) is 0 Å². The molecule has 4 nitrogen and oxygen atoms in total. The molecule has 0 amide bonds. The molecule has 3 aromatic carbocycles. The van der Waals surface area contributed by atoms with Crippen LogP contribution in [0.2, 0.25) is 0 Å². The summed E-state index contributed by atoms with van der Waals surface area (Å²) in [5.41, 5.74) is 2.12. The van der Waals surface area contributed by atoms with Crippen LogP contribution in [-0.4, -0.2) is 23.2 Å². The highest BCUT2D eigenvalue weighted by molar-refractivity contribution is 5.84. The first kappa shape index (κ1) is 25.4. The Labute approximate surface area is 206 Å². The van der Waals surface area contributed by atoms with Gasteiger partial charge in [-0.2, -0.15) is 8.78 Å². The molecule has 4 aromatic rings. The van der Waals surface area contributed by atoms with E-state index in [-0.39, 0.29) is 5.82 Å². The van der Waals surface area contributed by atoms with Crippen molar-refractivity contribution >= 4 is 10.8 Å². The Hall–Kier alpha value is -3.68. The number of aromatic nitrogens is 2. The number of benzene rings is 3. The number of fused-ring (bicyclic) bond motifs is 1. The predicted octanol–water partition coefficient (Wildman–Crippen LogP) is 6.87. The summed E-state index contributed by atoms with van der Waals surface area (Å²) in [7, 11) is 0. The quantitative estimate of drug-likeness (QED) is 0.212. The molecule has 0 saturated heterocycles. The second-order valence-corrected chi connectivity index (χ2v) is 8.42. The van der Waals surface area contributed by atoms with Gasteiger partial charge in [0.1, 0.15) is 11.6 Å². The van der Waals surface area contributed by atoms with Gasteiger partial charge in [-0.15, -0.1) is 0 Å². The summed E-state index contributed by atoms with van der Waals surface area (Å²) >= 11 is 0. The van der Waals surface area contributed by atoms with E-state index in [2.05, 4.69) is 14.7 Å². The van der Waals surface area contributed by atoms with Gasteiger partial charge < -0.3 is 9.47 Å². The molecular formula is C28H26F4N2O2. The minimum Gasteiger partial charge on any atom is -0.490 e. The minimum absolute atomic E-state index is 0.317. The summed E-state index contributed by atoms with van der Waals surface area (Å²) in [6.45, 7) is -0.433. The van der Waals surface area contributed by atoms with E-state index in [1.165, 1.54) is 6.07 Å². The molecule has 4 rings (SSSR count). The molecule has 0 aliphatic heterocycles. The van der Waals surface area contributed by atoms with Crippen molar-refractivity contribution in [1.82, 2.24) is 9.97 Å². The first-order valence-corrected chi connectivity index (χ1v) is 11.8. The Morgan fingerprint density at radius 3 is 2.28 bits per heavy atom. The fourth-order valence-electron chi connectivity index (χ4n) is 3.93. The monoisotopic (exact) mass is 498 g/mol. The molecule has 0 saturated carbocycles. The molecule has 0 aliphatic carbocycles. The molecule has 0 bridgehead atoms. The summed E-state index contributed by atoms with van der Waals surface area (Å²) in [4.78, 5) is 8.69. The third-order valence-electron chi connectivity index (χ3n) is 5.79. The van der Waals surface area contributed by atoms with Gasteiger partial charge in [-0.1, -0.05) is 43.3 Å². The van der Waals surface area contributed by atoms with E-state index in [1.54, 1.807) is 24.5 Å². The summed E-state index contributed by atoms with van der Waals surface area (Å²) in [5, 5.41) is 1.30. The van der Waals surface area contributed by atoms with Crippen LogP contribution < -0.4 is 9.47 Å². The van der Waals surface area contributed by atoms with Crippen molar-refractivity contribution in [2.24, 2.45) is 0 Å². The van der Waals surface area contributed by atoms with Crippen LogP contribution in [0.4, 0.5) is 17.6 Å². The van der Waals surface area contributed by atoms with Crippen LogP contribution in [-0.2, 0) is 25.7 Å². The summed E-state index contributed by atoms with van der Waals surface area (Å²) in [5.74, 6) is -0.328. The smallest absolute Gasteiger partial charge is 0.387 e. The fraction of sp³-hybridized carbons (Fsp3) is 0.286. The molecule has 0 N–H and O–H groups in total. The number of rotatable bonds is 11. The van der Waals surface area contributed by atoms with Gasteiger partial charge >= 0.3 is 6.61 Å². The molecule has 0 spiro atoms. The van der Waals surface area contributed by atoms with Crippen molar-refractivity contribution in [2.75, 3.05) is 6.61 Å². The van der Waals surface area contributed by atoms with Gasteiger partial charge in [-0.25, -0.2) is 18.7 Å². The van der Waals surface area contributed by atoms with Gasteiger partial charge in [-0.05, 0) is 59.9 Å². The van der Waals surface area contributed by atoms with Gasteiger partial charge in [0, 0.05) is 11.8 Å². The maximum atomic E-state index is 15.2. The van der Waals surface area contributed by atoms with Crippen LogP contribution in [0.15, 0.2) is 60.9 Å². The maximum Gasteiger partial charge on any atom is 0.387 e. The average Bonchev–Trinajstić information content (AvgIpc) is 2.87. The molecule has 0 aliphatic rings. The Morgan fingerprint density at radius 1 is 0.833 bits per heavy atom. The number of alkyl halides is 2. The predicted molar refractivity (Wildman–Crippen MR) is 130 cm³/mol. The zero-order valence-electron chi connectivity index (χ0n) is 19.8. The Morgan fingerprint density at radius 2 is 1.56 bits per heavy atom.